The minimum absolute atomic E-state index is 0.0890. The van der Waals surface area contributed by atoms with E-state index < -0.39 is 11.0 Å². The average molecular weight is 459 g/mol. The van der Waals surface area contributed by atoms with Crippen LogP contribution >= 0.6 is 0 Å². The first-order chi connectivity index (χ1) is 15.6. The fourth-order valence-electron chi connectivity index (χ4n) is 3.29. The van der Waals surface area contributed by atoms with Crippen molar-refractivity contribution in [3.05, 3.63) is 46.1 Å². The Labute approximate surface area is 192 Å². The molecule has 0 bridgehead atoms. The fraction of sp³-hybridized carbons (Fsp3) is 0.500. The van der Waals surface area contributed by atoms with Crippen molar-refractivity contribution in [1.82, 2.24) is 15.3 Å². The highest BCUT2D eigenvalue weighted by Gasteiger charge is 2.22. The Bertz CT molecular complexity index is 976. The molecule has 0 saturated carbocycles. The summed E-state index contributed by atoms with van der Waals surface area (Å²) in [5.74, 6) is 0.406. The molecule has 1 aliphatic heterocycles. The molecule has 1 aromatic heterocycles. The first-order valence-corrected chi connectivity index (χ1v) is 10.8. The topological polar surface area (TPSA) is 141 Å². The third-order valence-electron chi connectivity index (χ3n) is 4.85. The summed E-state index contributed by atoms with van der Waals surface area (Å²) in [6.07, 6.45) is 2.44. The summed E-state index contributed by atoms with van der Waals surface area (Å²) < 4.78 is 10.8. The van der Waals surface area contributed by atoms with Gasteiger partial charge in [0, 0.05) is 23.9 Å². The molecule has 2 atom stereocenters. The maximum Gasteiger partial charge on any atom is 0.407 e. The van der Waals surface area contributed by atoms with E-state index in [0.717, 1.165) is 18.4 Å². The molecule has 1 aliphatic rings. The second-order valence-corrected chi connectivity index (χ2v) is 9.00. The average Bonchev–Trinajstić information content (AvgIpc) is 2.72. The Kier molecular flexibility index (Phi) is 7.64. The van der Waals surface area contributed by atoms with Gasteiger partial charge in [0.2, 0.25) is 11.8 Å². The number of anilines is 3. The number of hydrogen-bond acceptors (Lipinski definition) is 9. The second-order valence-electron chi connectivity index (χ2n) is 9.00. The van der Waals surface area contributed by atoms with Gasteiger partial charge in [-0.25, -0.2) is 9.78 Å². The van der Waals surface area contributed by atoms with E-state index in [9.17, 15) is 14.9 Å². The highest BCUT2D eigenvalue weighted by atomic mass is 16.6. The van der Waals surface area contributed by atoms with Crippen molar-refractivity contribution in [3.63, 3.8) is 0 Å². The third kappa shape index (κ3) is 7.56. The van der Waals surface area contributed by atoms with Crippen molar-refractivity contribution in [2.75, 3.05) is 17.2 Å². The smallest absolute Gasteiger partial charge is 0.407 e. The van der Waals surface area contributed by atoms with E-state index >= 15 is 0 Å². The molecular weight excluding hydrogens is 428 g/mol. The van der Waals surface area contributed by atoms with Crippen LogP contribution in [-0.2, 0) is 16.1 Å². The number of amides is 1. The predicted molar refractivity (Wildman–Crippen MR) is 124 cm³/mol. The summed E-state index contributed by atoms with van der Waals surface area (Å²) in [6, 6.07) is 7.14. The van der Waals surface area contributed by atoms with Gasteiger partial charge in [-0.1, -0.05) is 12.1 Å². The summed E-state index contributed by atoms with van der Waals surface area (Å²) in [5, 5.41) is 20.4. The number of carbonyl (C=O) groups excluding carboxylic acids is 1. The molecule has 178 valence electrons. The number of nitrogens with one attached hydrogen (secondary N) is 3. The van der Waals surface area contributed by atoms with Crippen LogP contribution in [-0.4, -0.2) is 45.3 Å². The molecule has 11 heteroatoms. The number of rotatable bonds is 7. The van der Waals surface area contributed by atoms with Gasteiger partial charge in [-0.3, -0.25) is 10.1 Å². The van der Waals surface area contributed by atoms with Crippen LogP contribution in [0.2, 0.25) is 0 Å². The molecule has 2 aromatic rings. The fourth-order valence-corrected chi connectivity index (χ4v) is 3.29. The second kappa shape index (κ2) is 10.4. The number of ether oxygens (including phenoxy) is 2. The first-order valence-electron chi connectivity index (χ1n) is 10.8. The van der Waals surface area contributed by atoms with E-state index in [-0.39, 0.29) is 35.8 Å². The summed E-state index contributed by atoms with van der Waals surface area (Å²) in [6.45, 7) is 8.35. The molecule has 1 aromatic carbocycles. The van der Waals surface area contributed by atoms with Gasteiger partial charge in [-0.15, -0.1) is 0 Å². The Balaban J connectivity index is 1.65. The van der Waals surface area contributed by atoms with Crippen LogP contribution in [0.3, 0.4) is 0 Å². The summed E-state index contributed by atoms with van der Waals surface area (Å²) >= 11 is 0. The van der Waals surface area contributed by atoms with Crippen LogP contribution < -0.4 is 16.0 Å². The number of hydrogen-bond donors (Lipinski definition) is 3. The van der Waals surface area contributed by atoms with E-state index in [1.807, 2.05) is 27.7 Å². The third-order valence-corrected chi connectivity index (χ3v) is 4.85. The summed E-state index contributed by atoms with van der Waals surface area (Å²) in [4.78, 5) is 31.2. The van der Waals surface area contributed by atoms with Gasteiger partial charge in [0.25, 0.3) is 0 Å². The van der Waals surface area contributed by atoms with Crippen LogP contribution in [0.1, 0.15) is 46.1 Å². The number of carbonyl (C=O) groups is 1. The monoisotopic (exact) mass is 458 g/mol. The SMILES string of the molecule is CC1CC(Nc2ncc([N+](=O)[O-])c(Nc3ccc(COC(=O)NC(C)(C)C)cc3)n2)CCO1. The number of alkyl carbamates (subject to hydrolysis) is 1. The van der Waals surface area contributed by atoms with Gasteiger partial charge in [-0.05, 0) is 58.2 Å². The van der Waals surface area contributed by atoms with Crippen molar-refractivity contribution < 1.29 is 19.2 Å². The molecule has 3 N–H and O–H groups in total. The molecular formula is C22H30N6O5. The molecule has 33 heavy (non-hydrogen) atoms. The van der Waals surface area contributed by atoms with Crippen LogP contribution in [0, 0.1) is 10.1 Å². The van der Waals surface area contributed by atoms with E-state index in [1.54, 1.807) is 24.3 Å². The first kappa shape index (κ1) is 24.2. The van der Waals surface area contributed by atoms with E-state index in [4.69, 9.17) is 9.47 Å². The normalized spacial score (nSPS) is 18.3. The molecule has 0 spiro atoms. The lowest BCUT2D eigenvalue weighted by atomic mass is 10.0. The lowest BCUT2D eigenvalue weighted by molar-refractivity contribution is -0.384. The van der Waals surface area contributed by atoms with Crippen molar-refractivity contribution >= 4 is 29.2 Å². The maximum atomic E-state index is 11.8. The molecule has 3 rings (SSSR count). The van der Waals surface area contributed by atoms with Crippen molar-refractivity contribution in [1.29, 1.82) is 0 Å². The highest BCUT2D eigenvalue weighted by molar-refractivity contribution is 5.68. The van der Waals surface area contributed by atoms with E-state index in [0.29, 0.717) is 18.2 Å². The largest absolute Gasteiger partial charge is 0.445 e. The molecule has 1 amide bonds. The molecule has 0 radical (unpaired) electrons. The summed E-state index contributed by atoms with van der Waals surface area (Å²) in [7, 11) is 0. The van der Waals surface area contributed by atoms with Gasteiger partial charge in [-0.2, -0.15) is 4.98 Å². The van der Waals surface area contributed by atoms with Gasteiger partial charge in [0.15, 0.2) is 0 Å². The van der Waals surface area contributed by atoms with E-state index in [1.165, 1.54) is 6.20 Å². The number of aromatic nitrogens is 2. The van der Waals surface area contributed by atoms with Crippen molar-refractivity contribution in [3.8, 4) is 0 Å². The molecule has 0 aliphatic carbocycles. The lowest BCUT2D eigenvalue weighted by Gasteiger charge is -2.27. The quantitative estimate of drug-likeness (QED) is 0.412. The Morgan fingerprint density at radius 3 is 2.67 bits per heavy atom. The minimum atomic E-state index is -0.529. The number of benzene rings is 1. The van der Waals surface area contributed by atoms with E-state index in [2.05, 4.69) is 25.9 Å². The summed E-state index contributed by atoms with van der Waals surface area (Å²) in [5.41, 5.74) is 0.767. The zero-order valence-corrected chi connectivity index (χ0v) is 19.3. The molecule has 11 nitrogen and oxygen atoms in total. The van der Waals surface area contributed by atoms with Crippen molar-refractivity contribution in [2.24, 2.45) is 0 Å². The highest BCUT2D eigenvalue weighted by Crippen LogP contribution is 2.27. The zero-order chi connectivity index (χ0) is 24.0. The van der Waals surface area contributed by atoms with Gasteiger partial charge in [0.1, 0.15) is 12.8 Å². The van der Waals surface area contributed by atoms with Gasteiger partial charge >= 0.3 is 11.8 Å². The Morgan fingerprint density at radius 2 is 2.03 bits per heavy atom. The van der Waals surface area contributed by atoms with Crippen LogP contribution in [0.5, 0.6) is 0 Å². The Hall–Kier alpha value is -3.47. The van der Waals surface area contributed by atoms with Crippen LogP contribution in [0.4, 0.5) is 27.9 Å². The number of nitrogens with zero attached hydrogens (tertiary/aromatic N) is 3. The lowest BCUT2D eigenvalue weighted by Crippen LogP contribution is -2.40. The minimum Gasteiger partial charge on any atom is -0.445 e. The standard InChI is InChI=1S/C22H30N6O5/c1-14-11-17(9-10-32-14)25-20-23-12-18(28(30)31)19(26-20)24-16-7-5-15(6-8-16)13-33-21(29)27-22(2,3)4/h5-8,12,14,17H,9-11,13H2,1-4H3,(H,27,29)(H2,23,24,25,26). The van der Waals surface area contributed by atoms with Gasteiger partial charge < -0.3 is 25.4 Å². The van der Waals surface area contributed by atoms with Crippen LogP contribution in [0.25, 0.3) is 0 Å². The van der Waals surface area contributed by atoms with Gasteiger partial charge in [0.05, 0.1) is 11.0 Å². The maximum absolute atomic E-state index is 11.8. The van der Waals surface area contributed by atoms with Crippen molar-refractivity contribution in [2.45, 2.75) is 64.8 Å². The Morgan fingerprint density at radius 1 is 1.30 bits per heavy atom. The molecule has 1 saturated heterocycles. The van der Waals surface area contributed by atoms with Crippen LogP contribution in [0.15, 0.2) is 30.5 Å². The zero-order valence-electron chi connectivity index (χ0n) is 19.3. The molecule has 2 heterocycles. The predicted octanol–water partition coefficient (Wildman–Crippen LogP) is 4.13. The molecule has 1 fully saturated rings. The molecule has 2 unspecified atom stereocenters. The number of nitro groups is 1.